The lowest BCUT2D eigenvalue weighted by Crippen LogP contribution is -2.36. The van der Waals surface area contributed by atoms with Crippen molar-refractivity contribution in [2.45, 2.75) is 104 Å². The summed E-state index contributed by atoms with van der Waals surface area (Å²) >= 11 is 0. The van der Waals surface area contributed by atoms with Crippen molar-refractivity contribution in [3.8, 4) is 0 Å². The molecule has 0 saturated heterocycles. The van der Waals surface area contributed by atoms with E-state index >= 15 is 0 Å². The molecule has 0 radical (unpaired) electrons. The van der Waals surface area contributed by atoms with Crippen LogP contribution < -0.4 is 0 Å². The van der Waals surface area contributed by atoms with Gasteiger partial charge in [0.25, 0.3) is 0 Å². The number of allylic oxidation sites excluding steroid dienone is 3. The van der Waals surface area contributed by atoms with Gasteiger partial charge in [-0.15, -0.1) is 0 Å². The zero-order chi connectivity index (χ0) is 21.2. The van der Waals surface area contributed by atoms with Crippen LogP contribution in [0.25, 0.3) is 0 Å². The highest BCUT2D eigenvalue weighted by atomic mass is 16.3. The summed E-state index contributed by atoms with van der Waals surface area (Å²) in [6.45, 7) is 13.8. The zero-order valence-electron chi connectivity index (χ0n) is 19.3. The largest absolute Gasteiger partial charge is 0.393 e. The Morgan fingerprint density at radius 2 is 1.90 bits per heavy atom. The normalized spacial score (nSPS) is 39.3. The molecule has 3 rings (SSSR count). The lowest BCUT2D eigenvalue weighted by atomic mass is 9.60. The average Bonchev–Trinajstić information content (AvgIpc) is 3.00. The smallest absolute Gasteiger partial charge is 0.0811 e. The quantitative estimate of drug-likeness (QED) is 0.528. The van der Waals surface area contributed by atoms with E-state index in [1.54, 1.807) is 5.57 Å². The Bertz CT molecular complexity index is 643. The number of hydrogen-bond donors (Lipinski definition) is 2. The Hall–Kier alpha value is -0.860. The Morgan fingerprint density at radius 1 is 1.14 bits per heavy atom. The summed E-state index contributed by atoms with van der Waals surface area (Å²) in [5.74, 6) is 3.20. The van der Waals surface area contributed by atoms with Gasteiger partial charge in [-0.3, -0.25) is 0 Å². The molecule has 0 aromatic rings. The van der Waals surface area contributed by atoms with E-state index in [0.717, 1.165) is 28.9 Å². The predicted molar refractivity (Wildman–Crippen MR) is 123 cm³/mol. The lowest BCUT2D eigenvalue weighted by Gasteiger charge is -2.44. The van der Waals surface area contributed by atoms with Crippen molar-refractivity contribution in [2.24, 2.45) is 29.1 Å². The van der Waals surface area contributed by atoms with E-state index in [0.29, 0.717) is 24.2 Å². The molecule has 3 aliphatic rings. The van der Waals surface area contributed by atoms with E-state index < -0.39 is 12.2 Å². The van der Waals surface area contributed by atoms with Gasteiger partial charge < -0.3 is 10.2 Å². The molecule has 0 unspecified atom stereocenters. The highest BCUT2D eigenvalue weighted by molar-refractivity contribution is 5.38. The van der Waals surface area contributed by atoms with Gasteiger partial charge in [-0.1, -0.05) is 71.3 Å². The third kappa shape index (κ3) is 5.07. The van der Waals surface area contributed by atoms with Gasteiger partial charge in [-0.25, -0.2) is 0 Å². The Labute approximate surface area is 179 Å². The van der Waals surface area contributed by atoms with Crippen molar-refractivity contribution in [2.75, 3.05) is 0 Å². The van der Waals surface area contributed by atoms with E-state index in [1.165, 1.54) is 51.4 Å². The average molecular weight is 401 g/mol. The summed E-state index contributed by atoms with van der Waals surface area (Å²) in [7, 11) is 0. The number of aliphatic hydroxyl groups excluding tert-OH is 2. The molecule has 0 aromatic heterocycles. The summed E-state index contributed by atoms with van der Waals surface area (Å²) in [5.41, 5.74) is 3.88. The monoisotopic (exact) mass is 400 g/mol. The van der Waals surface area contributed by atoms with Crippen LogP contribution in [0.15, 0.2) is 35.5 Å². The molecule has 0 spiro atoms. The molecule has 6 atom stereocenters. The SMILES string of the molecule is C=C1/C(=C/C=C2\CCC[C@]3(C)[C@@H]([C@H](C)CCCC(C)C)CC[C@@H]23)C[C@@H](O)C[C@H]1O. The Morgan fingerprint density at radius 3 is 2.62 bits per heavy atom. The van der Waals surface area contributed by atoms with Gasteiger partial charge in [-0.05, 0) is 78.8 Å². The minimum atomic E-state index is -0.595. The Kier molecular flexibility index (Phi) is 7.49. The molecule has 0 bridgehead atoms. The topological polar surface area (TPSA) is 40.5 Å². The van der Waals surface area contributed by atoms with Gasteiger partial charge in [-0.2, -0.15) is 0 Å². The number of hydrogen-bond acceptors (Lipinski definition) is 2. The fraction of sp³-hybridized carbons (Fsp3) is 0.778. The second kappa shape index (κ2) is 9.52. The summed E-state index contributed by atoms with van der Waals surface area (Å²) in [6.07, 6.45) is 15.2. The van der Waals surface area contributed by atoms with E-state index in [1.807, 2.05) is 0 Å². The summed E-state index contributed by atoms with van der Waals surface area (Å²) in [5, 5.41) is 20.2. The first-order valence-corrected chi connectivity index (χ1v) is 12.2. The van der Waals surface area contributed by atoms with Crippen LogP contribution in [0.2, 0.25) is 0 Å². The van der Waals surface area contributed by atoms with Crippen molar-refractivity contribution in [1.82, 2.24) is 0 Å². The molecule has 29 heavy (non-hydrogen) atoms. The first-order valence-electron chi connectivity index (χ1n) is 12.2. The number of aliphatic hydroxyl groups is 2. The highest BCUT2D eigenvalue weighted by Gasteiger charge is 2.50. The molecule has 2 nitrogen and oxygen atoms in total. The molecular formula is C27H44O2. The van der Waals surface area contributed by atoms with Gasteiger partial charge in [0.2, 0.25) is 0 Å². The van der Waals surface area contributed by atoms with Crippen LogP contribution in [0.3, 0.4) is 0 Å². The molecule has 3 fully saturated rings. The Balaban J connectivity index is 1.71. The summed E-state index contributed by atoms with van der Waals surface area (Å²) < 4.78 is 0. The molecule has 0 heterocycles. The van der Waals surface area contributed by atoms with Crippen LogP contribution in [0.4, 0.5) is 0 Å². The minimum absolute atomic E-state index is 0.420. The van der Waals surface area contributed by atoms with Crippen LogP contribution >= 0.6 is 0 Å². The van der Waals surface area contributed by atoms with Crippen molar-refractivity contribution in [3.63, 3.8) is 0 Å². The van der Waals surface area contributed by atoms with E-state index in [2.05, 4.69) is 46.4 Å². The van der Waals surface area contributed by atoms with Crippen LogP contribution in [0.1, 0.15) is 91.9 Å². The molecule has 0 aromatic carbocycles. The highest BCUT2D eigenvalue weighted by Crippen LogP contribution is 2.59. The summed E-state index contributed by atoms with van der Waals surface area (Å²) in [6, 6.07) is 0. The van der Waals surface area contributed by atoms with Crippen molar-refractivity contribution in [3.05, 3.63) is 35.5 Å². The maximum atomic E-state index is 10.1. The summed E-state index contributed by atoms with van der Waals surface area (Å²) in [4.78, 5) is 0. The molecule has 0 aliphatic heterocycles. The standard InChI is InChI=1S/C27H44O2/c1-18(2)8-6-9-19(3)24-13-14-25-21(10-7-15-27(24,25)5)11-12-22-16-23(28)17-26(29)20(22)4/h11-12,18-19,23-26,28-29H,4,6-10,13-17H2,1-3,5H3/b21-11+,22-12+/t19-,23-,24-,25+,26-,27-/m1/s1. The first kappa shape index (κ1) is 22.8. The maximum absolute atomic E-state index is 10.1. The number of rotatable bonds is 6. The van der Waals surface area contributed by atoms with E-state index in [-0.39, 0.29) is 0 Å². The fourth-order valence-electron chi connectivity index (χ4n) is 6.73. The molecule has 0 amide bonds. The molecule has 2 heteroatoms. The van der Waals surface area contributed by atoms with Gasteiger partial charge >= 0.3 is 0 Å². The van der Waals surface area contributed by atoms with Gasteiger partial charge in [0.1, 0.15) is 0 Å². The number of fused-ring (bicyclic) bond motifs is 1. The van der Waals surface area contributed by atoms with Crippen LogP contribution in [0, 0.1) is 29.1 Å². The van der Waals surface area contributed by atoms with E-state index in [9.17, 15) is 10.2 Å². The van der Waals surface area contributed by atoms with Crippen LogP contribution in [-0.4, -0.2) is 22.4 Å². The predicted octanol–water partition coefficient (Wildman–Crippen LogP) is 6.59. The first-order chi connectivity index (χ1) is 13.7. The van der Waals surface area contributed by atoms with Gasteiger partial charge in [0.15, 0.2) is 0 Å². The van der Waals surface area contributed by atoms with Crippen LogP contribution in [0.5, 0.6) is 0 Å². The van der Waals surface area contributed by atoms with Crippen molar-refractivity contribution < 1.29 is 10.2 Å². The van der Waals surface area contributed by atoms with Gasteiger partial charge in [0.05, 0.1) is 12.2 Å². The third-order valence-corrected chi connectivity index (χ3v) is 8.43. The minimum Gasteiger partial charge on any atom is -0.393 e. The van der Waals surface area contributed by atoms with E-state index in [4.69, 9.17) is 0 Å². The van der Waals surface area contributed by atoms with Crippen molar-refractivity contribution >= 4 is 0 Å². The second-order valence-electron chi connectivity index (χ2n) is 11.0. The molecular weight excluding hydrogens is 356 g/mol. The molecule has 164 valence electrons. The lowest BCUT2D eigenvalue weighted by molar-refractivity contribution is 0.0861. The maximum Gasteiger partial charge on any atom is 0.0811 e. The molecule has 3 saturated carbocycles. The second-order valence-corrected chi connectivity index (χ2v) is 11.0. The van der Waals surface area contributed by atoms with Crippen LogP contribution in [-0.2, 0) is 0 Å². The van der Waals surface area contributed by atoms with Gasteiger partial charge in [0, 0.05) is 6.42 Å². The fourth-order valence-corrected chi connectivity index (χ4v) is 6.73. The third-order valence-electron chi connectivity index (χ3n) is 8.43. The molecule has 2 N–H and O–H groups in total. The van der Waals surface area contributed by atoms with Crippen molar-refractivity contribution in [1.29, 1.82) is 0 Å². The zero-order valence-corrected chi connectivity index (χ0v) is 19.3. The molecule has 3 aliphatic carbocycles.